The number of carbonyl (C=O) groups is 1. The first-order valence-electron chi connectivity index (χ1n) is 10.8. The molecule has 1 aliphatic rings. The number of imidazole rings is 1. The van der Waals surface area contributed by atoms with Gasteiger partial charge < -0.3 is 19.5 Å². The van der Waals surface area contributed by atoms with Crippen molar-refractivity contribution in [3.8, 4) is 0 Å². The molecule has 170 valence electrons. The van der Waals surface area contributed by atoms with Gasteiger partial charge in [-0.3, -0.25) is 0 Å². The van der Waals surface area contributed by atoms with Crippen molar-refractivity contribution in [3.63, 3.8) is 0 Å². The van der Waals surface area contributed by atoms with Gasteiger partial charge in [0.2, 0.25) is 5.95 Å². The van der Waals surface area contributed by atoms with Gasteiger partial charge in [0.15, 0.2) is 0 Å². The summed E-state index contributed by atoms with van der Waals surface area (Å²) in [4.78, 5) is 19.4. The maximum atomic E-state index is 12.3. The molecule has 0 aliphatic carbocycles. The first-order valence-corrected chi connectivity index (χ1v) is 11.6. The van der Waals surface area contributed by atoms with Gasteiger partial charge in [0.1, 0.15) is 5.60 Å². The number of carbonyl (C=O) groups excluding carboxylic acids is 1. The van der Waals surface area contributed by atoms with E-state index in [9.17, 15) is 4.79 Å². The highest BCUT2D eigenvalue weighted by molar-refractivity contribution is 6.33. The summed E-state index contributed by atoms with van der Waals surface area (Å²) in [5.74, 6) is 0.859. The highest BCUT2D eigenvalue weighted by Crippen LogP contribution is 2.29. The van der Waals surface area contributed by atoms with E-state index in [2.05, 4.69) is 20.9 Å². The largest absolute Gasteiger partial charge is 0.444 e. The number of nitrogens with one attached hydrogen (secondary N) is 1. The lowest BCUT2D eigenvalue weighted by Crippen LogP contribution is -2.49. The van der Waals surface area contributed by atoms with E-state index in [0.29, 0.717) is 23.1 Å². The van der Waals surface area contributed by atoms with Crippen LogP contribution in [-0.4, -0.2) is 40.4 Å². The first kappa shape index (κ1) is 22.7. The van der Waals surface area contributed by atoms with Crippen LogP contribution in [0.3, 0.4) is 0 Å². The van der Waals surface area contributed by atoms with Crippen LogP contribution >= 0.6 is 23.2 Å². The molecule has 0 radical (unpaired) electrons. The predicted molar refractivity (Wildman–Crippen MR) is 130 cm³/mol. The van der Waals surface area contributed by atoms with Gasteiger partial charge in [-0.2, -0.15) is 0 Å². The van der Waals surface area contributed by atoms with E-state index in [1.54, 1.807) is 6.07 Å². The summed E-state index contributed by atoms with van der Waals surface area (Å²) in [5.41, 5.74) is 2.36. The van der Waals surface area contributed by atoms with Crippen molar-refractivity contribution in [1.82, 2.24) is 14.9 Å². The number of benzene rings is 2. The van der Waals surface area contributed by atoms with Crippen LogP contribution in [0.25, 0.3) is 11.0 Å². The number of hydrogen-bond acceptors (Lipinski definition) is 4. The fourth-order valence-electron chi connectivity index (χ4n) is 4.05. The topological polar surface area (TPSA) is 59.4 Å². The van der Waals surface area contributed by atoms with Gasteiger partial charge in [-0.05, 0) is 69.5 Å². The van der Waals surface area contributed by atoms with Gasteiger partial charge >= 0.3 is 6.09 Å². The molecule has 2 heterocycles. The van der Waals surface area contributed by atoms with Crippen LogP contribution in [0.15, 0.2) is 42.5 Å². The third-order valence-electron chi connectivity index (χ3n) is 5.40. The van der Waals surface area contributed by atoms with Crippen molar-refractivity contribution in [2.75, 3.05) is 18.0 Å². The Morgan fingerprint density at radius 2 is 2.00 bits per heavy atom. The molecule has 1 atom stereocenters. The smallest absolute Gasteiger partial charge is 0.407 e. The molecule has 0 spiro atoms. The van der Waals surface area contributed by atoms with Gasteiger partial charge in [-0.1, -0.05) is 35.3 Å². The van der Waals surface area contributed by atoms with Gasteiger partial charge in [0.05, 0.1) is 17.6 Å². The molecule has 2 aromatic carbocycles. The Labute approximate surface area is 198 Å². The van der Waals surface area contributed by atoms with Crippen molar-refractivity contribution in [3.05, 3.63) is 58.1 Å². The predicted octanol–water partition coefficient (Wildman–Crippen LogP) is 5.88. The number of rotatable bonds is 4. The minimum absolute atomic E-state index is 0.0124. The Balaban J connectivity index is 1.61. The summed E-state index contributed by atoms with van der Waals surface area (Å²) in [5, 5.41) is 4.33. The molecular formula is C24H28Cl2N4O2. The number of aromatic nitrogens is 2. The highest BCUT2D eigenvalue weighted by Gasteiger charge is 2.27. The number of hydrogen-bond donors (Lipinski definition) is 1. The van der Waals surface area contributed by atoms with E-state index >= 15 is 0 Å². The third-order valence-corrected chi connectivity index (χ3v) is 6.00. The fourth-order valence-corrected chi connectivity index (χ4v) is 4.42. The number of piperidine rings is 1. The van der Waals surface area contributed by atoms with Crippen LogP contribution in [0.4, 0.5) is 10.7 Å². The van der Waals surface area contributed by atoms with Crippen molar-refractivity contribution >= 4 is 46.3 Å². The summed E-state index contributed by atoms with van der Waals surface area (Å²) >= 11 is 12.7. The molecule has 1 amide bonds. The van der Waals surface area contributed by atoms with Crippen molar-refractivity contribution in [2.24, 2.45) is 0 Å². The molecule has 3 aromatic rings. The zero-order valence-electron chi connectivity index (χ0n) is 18.6. The van der Waals surface area contributed by atoms with Crippen LogP contribution in [0.5, 0.6) is 0 Å². The molecular weight excluding hydrogens is 447 g/mol. The van der Waals surface area contributed by atoms with E-state index in [-0.39, 0.29) is 12.1 Å². The van der Waals surface area contributed by atoms with E-state index in [4.69, 9.17) is 32.9 Å². The molecule has 8 heteroatoms. The summed E-state index contributed by atoms with van der Waals surface area (Å²) in [7, 11) is 0. The van der Waals surface area contributed by atoms with Crippen molar-refractivity contribution < 1.29 is 9.53 Å². The SMILES string of the molecule is CC(C)(C)OC(=O)N[C@@H]1CCCN(c2nc3ccccc3n2Cc2cc(Cl)ccc2Cl)C1. The number of anilines is 1. The summed E-state index contributed by atoms with van der Waals surface area (Å²) in [6.07, 6.45) is 1.46. The quantitative estimate of drug-likeness (QED) is 0.512. The molecule has 6 nitrogen and oxygen atoms in total. The standard InChI is InChI=1S/C24H28Cl2N4O2/c1-24(2,3)32-23(31)27-18-7-6-12-29(15-18)22-28-20-8-4-5-9-21(20)30(22)14-16-13-17(25)10-11-19(16)26/h4-5,8-11,13,18H,6-7,12,14-15H2,1-3H3,(H,27,31)/t18-/m1/s1. The Morgan fingerprint density at radius 3 is 2.78 bits per heavy atom. The molecule has 1 aromatic heterocycles. The Kier molecular flexibility index (Phi) is 6.54. The van der Waals surface area contributed by atoms with Crippen LogP contribution in [0.2, 0.25) is 10.0 Å². The van der Waals surface area contributed by atoms with Crippen LogP contribution < -0.4 is 10.2 Å². The number of fused-ring (bicyclic) bond motifs is 1. The monoisotopic (exact) mass is 474 g/mol. The molecule has 1 N–H and O–H groups in total. The van der Waals surface area contributed by atoms with E-state index < -0.39 is 5.60 Å². The van der Waals surface area contributed by atoms with Crippen LogP contribution in [0.1, 0.15) is 39.2 Å². The van der Waals surface area contributed by atoms with Gasteiger partial charge in [-0.25, -0.2) is 9.78 Å². The number of alkyl carbamates (subject to hydrolysis) is 1. The minimum atomic E-state index is -0.525. The molecule has 1 aliphatic heterocycles. The Hall–Kier alpha value is -2.44. The molecule has 0 unspecified atom stereocenters. The normalized spacial score (nSPS) is 16.9. The summed E-state index contributed by atoms with van der Waals surface area (Å²) < 4.78 is 7.61. The molecule has 0 bridgehead atoms. The minimum Gasteiger partial charge on any atom is -0.444 e. The number of halogens is 2. The number of para-hydroxylation sites is 2. The second kappa shape index (κ2) is 9.20. The Bertz CT molecular complexity index is 1120. The maximum absolute atomic E-state index is 12.3. The van der Waals surface area contributed by atoms with Crippen LogP contribution in [0, 0.1) is 0 Å². The molecule has 4 rings (SSSR count). The molecule has 1 fully saturated rings. The average molecular weight is 475 g/mol. The van der Waals surface area contributed by atoms with Gasteiger partial charge in [0.25, 0.3) is 0 Å². The Morgan fingerprint density at radius 1 is 1.22 bits per heavy atom. The lowest BCUT2D eigenvalue weighted by Gasteiger charge is -2.34. The molecule has 0 saturated carbocycles. The first-order chi connectivity index (χ1) is 15.2. The second-order valence-electron chi connectivity index (χ2n) is 9.15. The van der Waals surface area contributed by atoms with E-state index in [1.807, 2.05) is 51.1 Å². The average Bonchev–Trinajstić information content (AvgIpc) is 3.08. The van der Waals surface area contributed by atoms with E-state index in [0.717, 1.165) is 41.9 Å². The number of amides is 1. The molecule has 32 heavy (non-hydrogen) atoms. The van der Waals surface area contributed by atoms with Crippen molar-refractivity contribution in [2.45, 2.75) is 51.8 Å². The fraction of sp³-hybridized carbons (Fsp3) is 0.417. The van der Waals surface area contributed by atoms with Crippen molar-refractivity contribution in [1.29, 1.82) is 0 Å². The number of nitrogens with zero attached hydrogens (tertiary/aromatic N) is 3. The lowest BCUT2D eigenvalue weighted by atomic mass is 10.1. The van der Waals surface area contributed by atoms with Crippen LogP contribution in [-0.2, 0) is 11.3 Å². The van der Waals surface area contributed by atoms with Gasteiger partial charge in [0, 0.05) is 29.2 Å². The molecule has 1 saturated heterocycles. The number of ether oxygens (including phenoxy) is 1. The highest BCUT2D eigenvalue weighted by atomic mass is 35.5. The maximum Gasteiger partial charge on any atom is 0.407 e. The summed E-state index contributed by atoms with van der Waals surface area (Å²) in [6.45, 7) is 7.66. The second-order valence-corrected chi connectivity index (χ2v) is 10.00. The van der Waals surface area contributed by atoms with E-state index in [1.165, 1.54) is 0 Å². The zero-order valence-corrected chi connectivity index (χ0v) is 20.1. The lowest BCUT2D eigenvalue weighted by molar-refractivity contribution is 0.0500. The van der Waals surface area contributed by atoms with Gasteiger partial charge in [-0.15, -0.1) is 0 Å². The third kappa shape index (κ3) is 5.30. The zero-order chi connectivity index (χ0) is 22.9. The summed E-state index contributed by atoms with van der Waals surface area (Å²) in [6, 6.07) is 13.6.